The first-order chi connectivity index (χ1) is 12.5. The van der Waals surface area contributed by atoms with Crippen LogP contribution in [0.4, 0.5) is 11.4 Å². The minimum Gasteiger partial charge on any atom is -0.325 e. The lowest BCUT2D eigenvalue weighted by molar-refractivity contribution is -0.115. The summed E-state index contributed by atoms with van der Waals surface area (Å²) in [6.07, 6.45) is 6.66. The van der Waals surface area contributed by atoms with Crippen molar-refractivity contribution in [3.8, 4) is 0 Å². The van der Waals surface area contributed by atoms with Crippen LogP contribution < -0.4 is 16.0 Å². The van der Waals surface area contributed by atoms with Gasteiger partial charge in [0.25, 0.3) is 5.91 Å². The molecule has 2 amide bonds. The third kappa shape index (κ3) is 5.14. The van der Waals surface area contributed by atoms with Crippen LogP contribution in [0.1, 0.15) is 23.3 Å². The predicted octanol–water partition coefficient (Wildman–Crippen LogP) is 2.97. The monoisotopic (exact) mass is 393 g/mol. The molecular weight excluding hydrogens is 377 g/mol. The van der Waals surface area contributed by atoms with Crippen LogP contribution in [0.3, 0.4) is 0 Å². The van der Waals surface area contributed by atoms with Gasteiger partial charge in [0.1, 0.15) is 5.69 Å². The number of aromatic nitrogens is 2. The standard InChI is InChI=1S/C17H17Cl2N5O2/c18-12-5-11(23-15(25)9-21-7-10-1-2-10)6-13(19)16(12)24-17(26)14-8-20-3-4-22-14/h3-6,8,10,21H,1-2,7,9H2,(H,23,25)(H,24,26). The van der Waals surface area contributed by atoms with E-state index < -0.39 is 5.91 Å². The van der Waals surface area contributed by atoms with E-state index in [0.717, 1.165) is 6.54 Å². The number of halogens is 2. The molecule has 0 bridgehead atoms. The Hall–Kier alpha value is -2.22. The molecule has 3 rings (SSSR count). The summed E-state index contributed by atoms with van der Waals surface area (Å²) < 4.78 is 0. The second-order valence-electron chi connectivity index (χ2n) is 5.98. The van der Waals surface area contributed by atoms with Crippen LogP contribution >= 0.6 is 23.2 Å². The van der Waals surface area contributed by atoms with Crippen molar-refractivity contribution in [2.75, 3.05) is 23.7 Å². The maximum atomic E-state index is 12.2. The van der Waals surface area contributed by atoms with Crippen molar-refractivity contribution >= 4 is 46.4 Å². The molecule has 0 saturated heterocycles. The number of nitrogens with zero attached hydrogens (tertiary/aromatic N) is 2. The Morgan fingerprint density at radius 1 is 1.12 bits per heavy atom. The van der Waals surface area contributed by atoms with E-state index in [0.29, 0.717) is 11.6 Å². The van der Waals surface area contributed by atoms with Gasteiger partial charge in [-0.15, -0.1) is 0 Å². The van der Waals surface area contributed by atoms with E-state index in [1.807, 2.05) is 0 Å². The normalized spacial score (nSPS) is 13.3. The van der Waals surface area contributed by atoms with Crippen LogP contribution in [0.5, 0.6) is 0 Å². The second kappa shape index (κ2) is 8.44. The summed E-state index contributed by atoms with van der Waals surface area (Å²) in [4.78, 5) is 31.8. The molecule has 7 nitrogen and oxygen atoms in total. The highest BCUT2D eigenvalue weighted by Gasteiger charge is 2.20. The van der Waals surface area contributed by atoms with Crippen molar-refractivity contribution in [3.63, 3.8) is 0 Å². The molecule has 0 aliphatic heterocycles. The summed E-state index contributed by atoms with van der Waals surface area (Å²) in [6.45, 7) is 1.07. The average Bonchev–Trinajstić information content (AvgIpc) is 3.43. The van der Waals surface area contributed by atoms with Gasteiger partial charge in [0.15, 0.2) is 0 Å². The van der Waals surface area contributed by atoms with Gasteiger partial charge in [0.2, 0.25) is 5.91 Å². The predicted molar refractivity (Wildman–Crippen MR) is 101 cm³/mol. The van der Waals surface area contributed by atoms with Crippen LogP contribution in [0.15, 0.2) is 30.7 Å². The van der Waals surface area contributed by atoms with Crippen molar-refractivity contribution in [3.05, 3.63) is 46.5 Å². The number of hydrogen-bond acceptors (Lipinski definition) is 5. The molecule has 136 valence electrons. The molecule has 0 spiro atoms. The average molecular weight is 394 g/mol. The highest BCUT2D eigenvalue weighted by Crippen LogP contribution is 2.34. The molecule has 1 aromatic heterocycles. The molecule has 0 radical (unpaired) electrons. The molecule has 2 aromatic rings. The van der Waals surface area contributed by atoms with E-state index in [2.05, 4.69) is 25.9 Å². The molecule has 1 fully saturated rings. The van der Waals surface area contributed by atoms with Crippen molar-refractivity contribution in [2.45, 2.75) is 12.8 Å². The highest BCUT2D eigenvalue weighted by atomic mass is 35.5. The van der Waals surface area contributed by atoms with Gasteiger partial charge in [0.05, 0.1) is 28.5 Å². The molecule has 1 saturated carbocycles. The SMILES string of the molecule is O=C(CNCC1CC1)Nc1cc(Cl)c(NC(=O)c2cnccn2)c(Cl)c1. The van der Waals surface area contributed by atoms with Crippen molar-refractivity contribution in [2.24, 2.45) is 5.92 Å². The fourth-order valence-electron chi connectivity index (χ4n) is 2.28. The Bertz CT molecular complexity index is 789. The molecule has 0 unspecified atom stereocenters. The second-order valence-corrected chi connectivity index (χ2v) is 6.80. The molecule has 1 aliphatic rings. The number of anilines is 2. The zero-order chi connectivity index (χ0) is 18.5. The van der Waals surface area contributed by atoms with Crippen molar-refractivity contribution in [1.82, 2.24) is 15.3 Å². The van der Waals surface area contributed by atoms with Gasteiger partial charge in [-0.1, -0.05) is 23.2 Å². The van der Waals surface area contributed by atoms with Crippen LogP contribution in [0.2, 0.25) is 10.0 Å². The zero-order valence-electron chi connectivity index (χ0n) is 13.8. The summed E-state index contributed by atoms with van der Waals surface area (Å²) in [5.41, 5.74) is 0.836. The molecule has 1 heterocycles. The van der Waals surface area contributed by atoms with Crippen molar-refractivity contribution in [1.29, 1.82) is 0 Å². The fourth-order valence-corrected chi connectivity index (χ4v) is 2.86. The number of nitrogens with one attached hydrogen (secondary N) is 3. The van der Waals surface area contributed by atoms with Crippen LogP contribution in [-0.2, 0) is 4.79 Å². The summed E-state index contributed by atoms with van der Waals surface area (Å²) in [5, 5.41) is 8.84. The molecule has 1 aliphatic carbocycles. The van der Waals surface area contributed by atoms with Gasteiger partial charge in [-0.2, -0.15) is 0 Å². The fraction of sp³-hybridized carbons (Fsp3) is 0.294. The van der Waals surface area contributed by atoms with Gasteiger partial charge < -0.3 is 16.0 Å². The molecular formula is C17H17Cl2N5O2. The minimum absolute atomic E-state index is 0.138. The van der Waals surface area contributed by atoms with E-state index >= 15 is 0 Å². The molecule has 1 aromatic carbocycles. The lowest BCUT2D eigenvalue weighted by Gasteiger charge is -2.12. The Labute approximate surface area is 160 Å². The van der Waals surface area contributed by atoms with E-state index in [-0.39, 0.29) is 33.9 Å². The number of benzene rings is 1. The highest BCUT2D eigenvalue weighted by molar-refractivity contribution is 6.40. The van der Waals surface area contributed by atoms with E-state index in [9.17, 15) is 9.59 Å². The maximum absolute atomic E-state index is 12.2. The number of carbonyl (C=O) groups is 2. The minimum atomic E-state index is -0.483. The topological polar surface area (TPSA) is 96.0 Å². The van der Waals surface area contributed by atoms with Gasteiger partial charge >= 0.3 is 0 Å². The largest absolute Gasteiger partial charge is 0.325 e. The molecule has 9 heteroatoms. The summed E-state index contributed by atoms with van der Waals surface area (Å²) in [7, 11) is 0. The number of carbonyl (C=O) groups excluding carboxylic acids is 2. The van der Waals surface area contributed by atoms with E-state index in [1.54, 1.807) is 0 Å². The lowest BCUT2D eigenvalue weighted by Crippen LogP contribution is -2.29. The Balaban J connectivity index is 1.61. The smallest absolute Gasteiger partial charge is 0.275 e. The lowest BCUT2D eigenvalue weighted by atomic mass is 10.2. The van der Waals surface area contributed by atoms with Crippen LogP contribution in [-0.4, -0.2) is 34.9 Å². The van der Waals surface area contributed by atoms with Crippen LogP contribution in [0.25, 0.3) is 0 Å². The molecule has 3 N–H and O–H groups in total. The third-order valence-corrected chi connectivity index (χ3v) is 4.37. The zero-order valence-corrected chi connectivity index (χ0v) is 15.3. The first kappa shape index (κ1) is 18.6. The summed E-state index contributed by atoms with van der Waals surface area (Å²) in [5.74, 6) is 0.0287. The van der Waals surface area contributed by atoms with Gasteiger partial charge in [0, 0.05) is 18.1 Å². The van der Waals surface area contributed by atoms with Gasteiger partial charge in [-0.25, -0.2) is 4.98 Å². The molecule has 26 heavy (non-hydrogen) atoms. The molecule has 0 atom stereocenters. The Morgan fingerprint density at radius 2 is 1.85 bits per heavy atom. The number of hydrogen-bond donors (Lipinski definition) is 3. The summed E-state index contributed by atoms with van der Waals surface area (Å²) in [6, 6.07) is 3.05. The number of amides is 2. The Morgan fingerprint density at radius 3 is 2.46 bits per heavy atom. The van der Waals surface area contributed by atoms with Gasteiger partial charge in [-0.05, 0) is 37.4 Å². The van der Waals surface area contributed by atoms with E-state index in [1.165, 1.54) is 43.6 Å². The quantitative estimate of drug-likeness (QED) is 0.671. The third-order valence-electron chi connectivity index (χ3n) is 3.78. The first-order valence-electron chi connectivity index (χ1n) is 8.10. The summed E-state index contributed by atoms with van der Waals surface area (Å²) >= 11 is 12.4. The van der Waals surface area contributed by atoms with Crippen LogP contribution in [0, 0.1) is 5.92 Å². The maximum Gasteiger partial charge on any atom is 0.275 e. The van der Waals surface area contributed by atoms with Crippen molar-refractivity contribution < 1.29 is 9.59 Å². The Kier molecular flexibility index (Phi) is 6.03. The first-order valence-corrected chi connectivity index (χ1v) is 8.85. The van der Waals surface area contributed by atoms with E-state index in [4.69, 9.17) is 23.2 Å². The van der Waals surface area contributed by atoms with Gasteiger partial charge in [-0.3, -0.25) is 14.6 Å². The number of rotatable bonds is 7.